The molecule has 2 aromatic carbocycles. The van der Waals surface area contributed by atoms with Gasteiger partial charge in [-0.05, 0) is 59.5 Å². The van der Waals surface area contributed by atoms with Crippen molar-refractivity contribution in [2.24, 2.45) is 0 Å². The van der Waals surface area contributed by atoms with Crippen LogP contribution in [-0.4, -0.2) is 63.1 Å². The zero-order valence-corrected chi connectivity index (χ0v) is 26.9. The van der Waals surface area contributed by atoms with Crippen molar-refractivity contribution in [1.29, 1.82) is 0 Å². The van der Waals surface area contributed by atoms with Gasteiger partial charge in [0.15, 0.2) is 5.13 Å². The second-order valence-electron chi connectivity index (χ2n) is 10.1. The number of sulfonamides is 1. The summed E-state index contributed by atoms with van der Waals surface area (Å²) in [7, 11) is -2.32. The minimum atomic E-state index is -3.68. The topological polar surface area (TPSA) is 150 Å². The Balaban J connectivity index is 1.53. The Labute approximate surface area is 264 Å². The van der Waals surface area contributed by atoms with E-state index >= 15 is 0 Å². The van der Waals surface area contributed by atoms with E-state index in [0.717, 1.165) is 21.7 Å². The van der Waals surface area contributed by atoms with E-state index in [-0.39, 0.29) is 35.8 Å². The zero-order valence-electron chi connectivity index (χ0n) is 24.4. The molecule has 0 aliphatic rings. The normalized spacial score (nSPS) is 12.6. The van der Waals surface area contributed by atoms with Crippen LogP contribution in [0.15, 0.2) is 76.9 Å². The predicted molar refractivity (Wildman–Crippen MR) is 175 cm³/mol. The van der Waals surface area contributed by atoms with Crippen LogP contribution in [0.3, 0.4) is 0 Å². The molecule has 0 fully saturated rings. The Morgan fingerprint density at radius 3 is 2.34 bits per heavy atom. The first-order valence-corrected chi connectivity index (χ1v) is 17.3. The SMILES string of the molecule is C[C@H](NC[C@H](Cc1ccsc1)NC(=O)c1cc(C(=O)NCc2ccccc2)cc(N(C)S(C)(=O)=O)c1)C(=O)Nc1nccs1. The lowest BCUT2D eigenvalue weighted by molar-refractivity contribution is -0.117. The molecule has 14 heteroatoms. The number of aromatic nitrogens is 1. The number of hydrogen-bond acceptors (Lipinski definition) is 9. The average Bonchev–Trinajstić information content (AvgIpc) is 3.72. The third-order valence-electron chi connectivity index (χ3n) is 6.72. The van der Waals surface area contributed by atoms with E-state index in [2.05, 4.69) is 26.3 Å². The van der Waals surface area contributed by atoms with Crippen LogP contribution in [0.25, 0.3) is 0 Å². The number of rotatable bonds is 14. The number of carbonyl (C=O) groups excluding carboxylic acids is 3. The van der Waals surface area contributed by atoms with E-state index < -0.39 is 33.9 Å². The van der Waals surface area contributed by atoms with Crippen LogP contribution in [0, 0.1) is 0 Å². The maximum atomic E-state index is 13.6. The smallest absolute Gasteiger partial charge is 0.251 e. The molecule has 0 aliphatic heterocycles. The summed E-state index contributed by atoms with van der Waals surface area (Å²) in [5.41, 5.74) is 2.33. The molecule has 2 atom stereocenters. The Bertz CT molecular complexity index is 1660. The molecule has 0 saturated heterocycles. The molecule has 0 radical (unpaired) electrons. The fourth-order valence-electron chi connectivity index (χ4n) is 4.17. The number of thiazole rings is 1. The highest BCUT2D eigenvalue weighted by Gasteiger charge is 2.22. The monoisotopic (exact) mass is 654 g/mol. The second kappa shape index (κ2) is 15.1. The third-order valence-corrected chi connectivity index (χ3v) is 9.35. The molecule has 2 aromatic heterocycles. The molecule has 44 heavy (non-hydrogen) atoms. The lowest BCUT2D eigenvalue weighted by atomic mass is 10.1. The Morgan fingerprint density at radius 2 is 1.70 bits per heavy atom. The summed E-state index contributed by atoms with van der Waals surface area (Å²) in [5.74, 6) is -1.21. The van der Waals surface area contributed by atoms with Gasteiger partial charge in [-0.2, -0.15) is 11.3 Å². The summed E-state index contributed by atoms with van der Waals surface area (Å²) in [5, 5.41) is 17.9. The fraction of sp³-hybridized carbons (Fsp3) is 0.267. The quantitative estimate of drug-likeness (QED) is 0.163. The van der Waals surface area contributed by atoms with Gasteiger partial charge >= 0.3 is 0 Å². The first-order chi connectivity index (χ1) is 21.0. The first kappa shape index (κ1) is 32.8. The number of anilines is 2. The van der Waals surface area contributed by atoms with E-state index in [1.54, 1.807) is 18.5 Å². The molecule has 0 unspecified atom stereocenters. The molecule has 232 valence electrons. The standard InChI is InChI=1S/C30H34N6O5S3/c1-20(27(37)35-30-31-10-12-43-30)32-18-25(13-22-9-11-42-19-22)34-29(39)24-14-23(15-26(16-24)36(2)44(3,40)41)28(38)33-17-21-7-5-4-6-8-21/h4-12,14-16,19-20,25,32H,13,17-18H2,1-3H3,(H,33,38)(H,34,39)(H,31,35,37)/t20-,25-/m0/s1. The van der Waals surface area contributed by atoms with Crippen LogP contribution in [0.4, 0.5) is 10.8 Å². The largest absolute Gasteiger partial charge is 0.348 e. The Kier molecular flexibility index (Phi) is 11.2. The zero-order chi connectivity index (χ0) is 31.7. The third kappa shape index (κ3) is 9.44. The highest BCUT2D eigenvalue weighted by Crippen LogP contribution is 2.21. The Hall–Kier alpha value is -4.11. The minimum absolute atomic E-state index is 0.118. The van der Waals surface area contributed by atoms with Gasteiger partial charge in [-0.1, -0.05) is 30.3 Å². The number of benzene rings is 2. The van der Waals surface area contributed by atoms with Gasteiger partial charge < -0.3 is 21.3 Å². The number of carbonyl (C=O) groups is 3. The maximum absolute atomic E-state index is 13.6. The predicted octanol–water partition coefficient (Wildman–Crippen LogP) is 3.49. The van der Waals surface area contributed by atoms with E-state index in [4.69, 9.17) is 0 Å². The van der Waals surface area contributed by atoms with Crippen LogP contribution in [-0.2, 0) is 27.8 Å². The van der Waals surface area contributed by atoms with Crippen molar-refractivity contribution in [3.63, 3.8) is 0 Å². The van der Waals surface area contributed by atoms with E-state index in [1.807, 2.05) is 47.2 Å². The van der Waals surface area contributed by atoms with E-state index in [1.165, 1.54) is 47.9 Å². The number of nitrogens with zero attached hydrogens (tertiary/aromatic N) is 2. The van der Waals surface area contributed by atoms with Crippen LogP contribution < -0.4 is 25.6 Å². The molecule has 4 rings (SSSR count). The summed E-state index contributed by atoms with van der Waals surface area (Å²) in [6.45, 7) is 2.24. The molecular weight excluding hydrogens is 621 g/mol. The number of thiophene rings is 1. The van der Waals surface area contributed by atoms with E-state index in [0.29, 0.717) is 11.6 Å². The van der Waals surface area contributed by atoms with Gasteiger partial charge in [0.25, 0.3) is 11.8 Å². The Morgan fingerprint density at radius 1 is 0.977 bits per heavy atom. The molecule has 0 bridgehead atoms. The van der Waals surface area contributed by atoms with Crippen molar-refractivity contribution < 1.29 is 22.8 Å². The lowest BCUT2D eigenvalue weighted by Crippen LogP contribution is -2.48. The van der Waals surface area contributed by atoms with E-state index in [9.17, 15) is 22.8 Å². The molecule has 0 saturated carbocycles. The van der Waals surface area contributed by atoms with Gasteiger partial charge in [-0.25, -0.2) is 13.4 Å². The number of hydrogen-bond donors (Lipinski definition) is 4. The van der Waals surface area contributed by atoms with Crippen molar-refractivity contribution in [1.82, 2.24) is 20.9 Å². The summed E-state index contributed by atoms with van der Waals surface area (Å²) in [4.78, 5) is 43.5. The molecule has 4 aromatic rings. The second-order valence-corrected chi connectivity index (χ2v) is 13.8. The van der Waals surface area contributed by atoms with Crippen LogP contribution in [0.1, 0.15) is 38.8 Å². The summed E-state index contributed by atoms with van der Waals surface area (Å²) in [6.07, 6.45) is 3.13. The summed E-state index contributed by atoms with van der Waals surface area (Å²) >= 11 is 2.85. The molecule has 0 spiro atoms. The van der Waals surface area contributed by atoms with Gasteiger partial charge in [-0.3, -0.25) is 18.7 Å². The van der Waals surface area contributed by atoms with Gasteiger partial charge in [0.2, 0.25) is 15.9 Å². The number of amides is 3. The van der Waals surface area contributed by atoms with Crippen LogP contribution >= 0.6 is 22.7 Å². The van der Waals surface area contributed by atoms with Gasteiger partial charge in [0.05, 0.1) is 18.0 Å². The van der Waals surface area contributed by atoms with Crippen molar-refractivity contribution in [2.45, 2.75) is 32.0 Å². The molecule has 3 amide bonds. The van der Waals surface area contributed by atoms with Crippen molar-refractivity contribution in [3.8, 4) is 0 Å². The molecule has 0 aliphatic carbocycles. The fourth-order valence-corrected chi connectivity index (χ4v) is 5.88. The molecule has 2 heterocycles. The summed E-state index contributed by atoms with van der Waals surface area (Å²) < 4.78 is 25.7. The molecule has 4 N–H and O–H groups in total. The molecule has 11 nitrogen and oxygen atoms in total. The van der Waals surface area contributed by atoms with Gasteiger partial charge in [0, 0.05) is 48.9 Å². The average molecular weight is 655 g/mol. The van der Waals surface area contributed by atoms with Crippen molar-refractivity contribution >= 4 is 61.2 Å². The summed E-state index contributed by atoms with van der Waals surface area (Å²) in [6, 6.07) is 14.6. The lowest BCUT2D eigenvalue weighted by Gasteiger charge is -2.23. The number of nitrogens with one attached hydrogen (secondary N) is 4. The molecular formula is C30H34N6O5S3. The van der Waals surface area contributed by atoms with Crippen LogP contribution in [0.2, 0.25) is 0 Å². The van der Waals surface area contributed by atoms with Crippen molar-refractivity contribution in [3.05, 3.63) is 99.2 Å². The van der Waals surface area contributed by atoms with Gasteiger partial charge in [0.1, 0.15) is 0 Å². The first-order valence-electron chi connectivity index (χ1n) is 13.7. The van der Waals surface area contributed by atoms with Crippen molar-refractivity contribution in [2.75, 3.05) is 29.5 Å². The maximum Gasteiger partial charge on any atom is 0.251 e. The van der Waals surface area contributed by atoms with Gasteiger partial charge in [-0.15, -0.1) is 11.3 Å². The van der Waals surface area contributed by atoms with Crippen LogP contribution in [0.5, 0.6) is 0 Å². The highest BCUT2D eigenvalue weighted by molar-refractivity contribution is 7.92. The minimum Gasteiger partial charge on any atom is -0.348 e. The highest BCUT2D eigenvalue weighted by atomic mass is 32.2.